The molecule has 0 amide bonds. The maximum Gasteiger partial charge on any atom is 0.226 e. The Morgan fingerprint density at radius 2 is 1.87 bits per heavy atom. The van der Waals surface area contributed by atoms with Crippen LogP contribution in [0.4, 0.5) is 20.5 Å². The predicted octanol–water partition coefficient (Wildman–Crippen LogP) is 2.26. The van der Waals surface area contributed by atoms with Crippen molar-refractivity contribution >= 4 is 22.9 Å². The SMILES string of the molecule is CNc1nc(N(C)C)c2ncn(Cc3c(F)cccc3F)c2n1. The van der Waals surface area contributed by atoms with E-state index in [0.717, 1.165) is 0 Å². The highest BCUT2D eigenvalue weighted by Gasteiger charge is 2.16. The lowest BCUT2D eigenvalue weighted by Gasteiger charge is -2.13. The van der Waals surface area contributed by atoms with Gasteiger partial charge in [-0.05, 0) is 12.1 Å². The van der Waals surface area contributed by atoms with E-state index in [0.29, 0.717) is 22.9 Å². The number of hydrogen-bond acceptors (Lipinski definition) is 5. The fraction of sp³-hybridized carbons (Fsp3) is 0.267. The van der Waals surface area contributed by atoms with Crippen molar-refractivity contribution in [1.29, 1.82) is 0 Å². The van der Waals surface area contributed by atoms with Gasteiger partial charge in [-0.3, -0.25) is 0 Å². The van der Waals surface area contributed by atoms with Gasteiger partial charge in [-0.1, -0.05) is 6.07 Å². The number of hydrogen-bond donors (Lipinski definition) is 1. The normalized spacial score (nSPS) is 11.0. The zero-order chi connectivity index (χ0) is 16.6. The number of anilines is 2. The molecule has 1 N–H and O–H groups in total. The van der Waals surface area contributed by atoms with E-state index in [-0.39, 0.29) is 12.1 Å². The molecule has 0 spiro atoms. The number of aromatic nitrogens is 4. The molecule has 0 saturated carbocycles. The van der Waals surface area contributed by atoms with Gasteiger partial charge < -0.3 is 14.8 Å². The van der Waals surface area contributed by atoms with E-state index in [4.69, 9.17) is 0 Å². The molecule has 0 aliphatic rings. The van der Waals surface area contributed by atoms with Crippen LogP contribution in [-0.2, 0) is 6.54 Å². The summed E-state index contributed by atoms with van der Waals surface area (Å²) in [6.07, 6.45) is 1.51. The van der Waals surface area contributed by atoms with E-state index in [1.807, 2.05) is 19.0 Å². The van der Waals surface area contributed by atoms with Gasteiger partial charge in [-0.25, -0.2) is 13.8 Å². The Morgan fingerprint density at radius 3 is 2.48 bits per heavy atom. The molecule has 8 heteroatoms. The zero-order valence-corrected chi connectivity index (χ0v) is 13.0. The minimum Gasteiger partial charge on any atom is -0.361 e. The summed E-state index contributed by atoms with van der Waals surface area (Å²) in [5.41, 5.74) is 1.06. The van der Waals surface area contributed by atoms with Gasteiger partial charge in [0, 0.05) is 26.7 Å². The molecular formula is C15H16F2N6. The Hall–Kier alpha value is -2.77. The fourth-order valence-corrected chi connectivity index (χ4v) is 2.32. The first-order valence-electron chi connectivity index (χ1n) is 7.02. The molecule has 0 unspecified atom stereocenters. The lowest BCUT2D eigenvalue weighted by Crippen LogP contribution is -2.13. The lowest BCUT2D eigenvalue weighted by atomic mass is 10.2. The molecule has 120 valence electrons. The maximum atomic E-state index is 13.9. The minimum absolute atomic E-state index is 0.00203. The fourth-order valence-electron chi connectivity index (χ4n) is 2.32. The number of nitrogens with zero attached hydrogens (tertiary/aromatic N) is 5. The second-order valence-corrected chi connectivity index (χ2v) is 5.26. The van der Waals surface area contributed by atoms with Crippen LogP contribution in [0.25, 0.3) is 11.2 Å². The van der Waals surface area contributed by atoms with Crippen LogP contribution in [0, 0.1) is 11.6 Å². The van der Waals surface area contributed by atoms with E-state index in [1.165, 1.54) is 24.5 Å². The smallest absolute Gasteiger partial charge is 0.226 e. The van der Waals surface area contributed by atoms with Gasteiger partial charge in [0.15, 0.2) is 17.0 Å². The molecule has 0 atom stereocenters. The summed E-state index contributed by atoms with van der Waals surface area (Å²) in [7, 11) is 5.39. The molecule has 2 heterocycles. The second-order valence-electron chi connectivity index (χ2n) is 5.26. The van der Waals surface area contributed by atoms with Crippen molar-refractivity contribution in [2.24, 2.45) is 0 Å². The van der Waals surface area contributed by atoms with Crippen LogP contribution < -0.4 is 10.2 Å². The molecule has 2 aromatic heterocycles. The van der Waals surface area contributed by atoms with Crippen LogP contribution in [0.3, 0.4) is 0 Å². The Kier molecular flexibility index (Phi) is 3.81. The first kappa shape index (κ1) is 15.1. The third-order valence-electron chi connectivity index (χ3n) is 3.48. The van der Waals surface area contributed by atoms with E-state index in [2.05, 4.69) is 20.3 Å². The van der Waals surface area contributed by atoms with Crippen molar-refractivity contribution in [3.8, 4) is 0 Å². The monoisotopic (exact) mass is 318 g/mol. The molecular weight excluding hydrogens is 302 g/mol. The van der Waals surface area contributed by atoms with Crippen molar-refractivity contribution in [3.63, 3.8) is 0 Å². The Labute approximate surface area is 131 Å². The summed E-state index contributed by atoms with van der Waals surface area (Å²) in [4.78, 5) is 14.8. The summed E-state index contributed by atoms with van der Waals surface area (Å²) in [5.74, 6) is -0.144. The maximum absolute atomic E-state index is 13.9. The first-order valence-corrected chi connectivity index (χ1v) is 7.02. The molecule has 0 saturated heterocycles. The molecule has 6 nitrogen and oxygen atoms in total. The van der Waals surface area contributed by atoms with Crippen molar-refractivity contribution in [3.05, 3.63) is 41.7 Å². The number of nitrogens with one attached hydrogen (secondary N) is 1. The molecule has 0 aliphatic carbocycles. The topological polar surface area (TPSA) is 58.9 Å². The van der Waals surface area contributed by atoms with E-state index >= 15 is 0 Å². The number of imidazole rings is 1. The van der Waals surface area contributed by atoms with Crippen molar-refractivity contribution in [2.75, 3.05) is 31.4 Å². The van der Waals surface area contributed by atoms with Gasteiger partial charge in [0.05, 0.1) is 12.9 Å². The van der Waals surface area contributed by atoms with Gasteiger partial charge in [-0.15, -0.1) is 0 Å². The second kappa shape index (κ2) is 5.79. The molecule has 3 rings (SSSR count). The molecule has 0 aliphatic heterocycles. The molecule has 0 radical (unpaired) electrons. The first-order chi connectivity index (χ1) is 11.0. The van der Waals surface area contributed by atoms with Crippen molar-refractivity contribution in [1.82, 2.24) is 19.5 Å². The summed E-state index contributed by atoms with van der Waals surface area (Å²) in [6, 6.07) is 3.80. The molecule has 1 aromatic carbocycles. The molecule has 0 fully saturated rings. The number of rotatable bonds is 4. The highest BCUT2D eigenvalue weighted by molar-refractivity contribution is 5.84. The zero-order valence-electron chi connectivity index (χ0n) is 13.0. The van der Waals surface area contributed by atoms with Gasteiger partial charge >= 0.3 is 0 Å². The van der Waals surface area contributed by atoms with E-state index in [1.54, 1.807) is 11.6 Å². The Morgan fingerprint density at radius 1 is 1.17 bits per heavy atom. The summed E-state index contributed by atoms with van der Waals surface area (Å²) in [6.45, 7) is 0.00203. The van der Waals surface area contributed by atoms with Crippen molar-refractivity contribution in [2.45, 2.75) is 6.54 Å². The molecule has 3 aromatic rings. The van der Waals surface area contributed by atoms with E-state index < -0.39 is 11.6 Å². The molecule has 0 bridgehead atoms. The number of halogens is 2. The quantitative estimate of drug-likeness (QED) is 0.799. The van der Waals surface area contributed by atoms with Gasteiger partial charge in [0.25, 0.3) is 0 Å². The summed E-state index contributed by atoms with van der Waals surface area (Å²) < 4.78 is 29.3. The van der Waals surface area contributed by atoms with Crippen LogP contribution >= 0.6 is 0 Å². The average molecular weight is 318 g/mol. The van der Waals surface area contributed by atoms with Crippen LogP contribution in [0.15, 0.2) is 24.5 Å². The largest absolute Gasteiger partial charge is 0.361 e. The van der Waals surface area contributed by atoms with Crippen LogP contribution in [0.2, 0.25) is 0 Å². The third-order valence-corrected chi connectivity index (χ3v) is 3.48. The van der Waals surface area contributed by atoms with Crippen molar-refractivity contribution < 1.29 is 8.78 Å². The van der Waals surface area contributed by atoms with E-state index in [9.17, 15) is 8.78 Å². The summed E-state index contributed by atoms with van der Waals surface area (Å²) in [5, 5.41) is 2.88. The van der Waals surface area contributed by atoms with Crippen LogP contribution in [0.1, 0.15) is 5.56 Å². The number of fused-ring (bicyclic) bond motifs is 1. The Bertz CT molecular complexity index is 838. The predicted molar refractivity (Wildman–Crippen MR) is 84.7 cm³/mol. The third kappa shape index (κ3) is 2.67. The minimum atomic E-state index is -0.595. The summed E-state index contributed by atoms with van der Waals surface area (Å²) >= 11 is 0. The highest BCUT2D eigenvalue weighted by Crippen LogP contribution is 2.24. The van der Waals surface area contributed by atoms with Crippen LogP contribution in [-0.4, -0.2) is 40.7 Å². The standard InChI is InChI=1S/C15H16F2N6/c1-18-15-20-13(22(2)3)12-14(21-15)23(8-19-12)7-9-10(16)5-4-6-11(9)17/h4-6,8H,7H2,1-3H3,(H,18,20,21). The van der Waals surface area contributed by atoms with Gasteiger partial charge in [-0.2, -0.15) is 9.97 Å². The Balaban J connectivity index is 2.14. The van der Waals surface area contributed by atoms with Gasteiger partial charge in [0.1, 0.15) is 11.6 Å². The highest BCUT2D eigenvalue weighted by atomic mass is 19.1. The molecule has 23 heavy (non-hydrogen) atoms. The van der Waals surface area contributed by atoms with Crippen LogP contribution in [0.5, 0.6) is 0 Å². The average Bonchev–Trinajstić information content (AvgIpc) is 2.92. The lowest BCUT2D eigenvalue weighted by molar-refractivity contribution is 0.546. The number of benzene rings is 1. The van der Waals surface area contributed by atoms with Gasteiger partial charge in [0.2, 0.25) is 5.95 Å².